The maximum Gasteiger partial charge on any atom is 0.0771 e. The topological polar surface area (TPSA) is 39.1 Å². The molecule has 0 saturated carbocycles. The second kappa shape index (κ2) is 5.74. The van der Waals surface area contributed by atoms with E-state index in [4.69, 9.17) is 4.74 Å². The van der Waals surface area contributed by atoms with Crippen molar-refractivity contribution in [2.75, 3.05) is 18.5 Å². The van der Waals surface area contributed by atoms with Gasteiger partial charge in [-0.25, -0.2) is 0 Å². The molecule has 0 spiro atoms. The lowest BCUT2D eigenvalue weighted by molar-refractivity contribution is 0.0940. The summed E-state index contributed by atoms with van der Waals surface area (Å²) in [5.74, 6) is 0. The molecule has 1 aliphatic heterocycles. The molecule has 4 nitrogen and oxygen atoms in total. The largest absolute Gasteiger partial charge is 0.382 e. The van der Waals surface area contributed by atoms with Crippen LogP contribution in [0.2, 0.25) is 0 Å². The molecule has 2 rings (SSSR count). The summed E-state index contributed by atoms with van der Waals surface area (Å²) in [7, 11) is 0. The number of hydrogen-bond acceptors (Lipinski definition) is 3. The highest BCUT2D eigenvalue weighted by Gasteiger charge is 2.16. The second-order valence-electron chi connectivity index (χ2n) is 6.32. The molecule has 1 aromatic heterocycles. The van der Waals surface area contributed by atoms with Crippen LogP contribution >= 0.6 is 0 Å². The molecule has 2 heterocycles. The van der Waals surface area contributed by atoms with Gasteiger partial charge < -0.3 is 10.1 Å². The fourth-order valence-corrected chi connectivity index (χ4v) is 2.13. The first-order chi connectivity index (χ1) is 8.53. The molecule has 1 unspecified atom stereocenters. The molecule has 1 aliphatic rings. The minimum atomic E-state index is 0.354. The van der Waals surface area contributed by atoms with Crippen molar-refractivity contribution in [1.29, 1.82) is 0 Å². The zero-order valence-corrected chi connectivity index (χ0v) is 11.8. The van der Waals surface area contributed by atoms with E-state index in [1.807, 2.05) is 10.9 Å². The van der Waals surface area contributed by atoms with E-state index in [-0.39, 0.29) is 0 Å². The van der Waals surface area contributed by atoms with Crippen LogP contribution in [-0.4, -0.2) is 29.0 Å². The van der Waals surface area contributed by atoms with Gasteiger partial charge >= 0.3 is 0 Å². The quantitative estimate of drug-likeness (QED) is 0.874. The molecule has 102 valence electrons. The van der Waals surface area contributed by atoms with Gasteiger partial charge in [0, 0.05) is 19.3 Å². The van der Waals surface area contributed by atoms with E-state index in [0.29, 0.717) is 11.5 Å². The average Bonchev–Trinajstić information content (AvgIpc) is 2.89. The summed E-state index contributed by atoms with van der Waals surface area (Å²) in [5.41, 5.74) is 1.48. The van der Waals surface area contributed by atoms with Gasteiger partial charge in [0.15, 0.2) is 0 Å². The number of nitrogens with one attached hydrogen (secondary N) is 1. The van der Waals surface area contributed by atoms with E-state index in [1.54, 1.807) is 0 Å². The van der Waals surface area contributed by atoms with Crippen molar-refractivity contribution in [1.82, 2.24) is 9.78 Å². The first kappa shape index (κ1) is 13.4. The lowest BCUT2D eigenvalue weighted by Gasteiger charge is -2.17. The lowest BCUT2D eigenvalue weighted by atomic mass is 9.92. The molecule has 1 fully saturated rings. The molecule has 0 radical (unpaired) electrons. The Balaban J connectivity index is 1.75. The summed E-state index contributed by atoms with van der Waals surface area (Å²) in [6.07, 6.45) is 7.83. The summed E-state index contributed by atoms with van der Waals surface area (Å²) in [6, 6.07) is 0. The predicted octanol–water partition coefficient (Wildman–Crippen LogP) is 2.91. The van der Waals surface area contributed by atoms with E-state index in [2.05, 4.69) is 37.4 Å². The van der Waals surface area contributed by atoms with Gasteiger partial charge in [-0.05, 0) is 24.7 Å². The molecule has 1 N–H and O–H groups in total. The monoisotopic (exact) mass is 251 g/mol. The number of anilines is 1. The van der Waals surface area contributed by atoms with Crippen LogP contribution < -0.4 is 5.32 Å². The average molecular weight is 251 g/mol. The molecular formula is C14H25N3O. The molecule has 0 aromatic carbocycles. The van der Waals surface area contributed by atoms with Gasteiger partial charge in [-0.2, -0.15) is 5.10 Å². The van der Waals surface area contributed by atoms with Gasteiger partial charge in [0.05, 0.1) is 24.5 Å². The summed E-state index contributed by atoms with van der Waals surface area (Å²) in [6.45, 7) is 9.55. The number of ether oxygens (including phenoxy) is 1. The first-order valence-electron chi connectivity index (χ1n) is 6.91. The van der Waals surface area contributed by atoms with Crippen LogP contribution in [0, 0.1) is 5.41 Å². The van der Waals surface area contributed by atoms with Gasteiger partial charge in [0.1, 0.15) is 0 Å². The van der Waals surface area contributed by atoms with Crippen LogP contribution in [0.25, 0.3) is 0 Å². The molecule has 0 amide bonds. The van der Waals surface area contributed by atoms with Gasteiger partial charge in [-0.15, -0.1) is 0 Å². The van der Waals surface area contributed by atoms with Gasteiger partial charge in [-0.1, -0.05) is 20.8 Å². The van der Waals surface area contributed by atoms with Crippen molar-refractivity contribution >= 4 is 5.69 Å². The molecule has 18 heavy (non-hydrogen) atoms. The Kier molecular flexibility index (Phi) is 4.27. The normalized spacial score (nSPS) is 20.3. The van der Waals surface area contributed by atoms with Crippen LogP contribution in [0.1, 0.15) is 40.0 Å². The van der Waals surface area contributed by atoms with Crippen LogP contribution in [0.4, 0.5) is 5.69 Å². The molecule has 0 bridgehead atoms. The Morgan fingerprint density at radius 3 is 3.00 bits per heavy atom. The summed E-state index contributed by atoms with van der Waals surface area (Å²) in [4.78, 5) is 0. The van der Waals surface area contributed by atoms with Gasteiger partial charge in [-0.3, -0.25) is 4.68 Å². The minimum Gasteiger partial charge on any atom is -0.382 e. The van der Waals surface area contributed by atoms with Gasteiger partial charge in [0.2, 0.25) is 0 Å². The Labute approximate surface area is 110 Å². The standard InChI is InChI=1S/C14H25N3O/c1-14(2,3)6-7-15-12-9-16-17(10-12)11-13-5-4-8-18-13/h9-10,13,15H,4-8,11H2,1-3H3. The Morgan fingerprint density at radius 1 is 1.50 bits per heavy atom. The molecule has 1 saturated heterocycles. The van der Waals surface area contributed by atoms with E-state index < -0.39 is 0 Å². The fraction of sp³-hybridized carbons (Fsp3) is 0.786. The van der Waals surface area contributed by atoms with Crippen molar-refractivity contribution in [2.24, 2.45) is 5.41 Å². The molecule has 4 heteroatoms. The maximum atomic E-state index is 5.61. The number of rotatable bonds is 5. The van der Waals surface area contributed by atoms with Crippen LogP contribution in [0.15, 0.2) is 12.4 Å². The van der Waals surface area contributed by atoms with Crippen LogP contribution in [0.5, 0.6) is 0 Å². The highest BCUT2D eigenvalue weighted by Crippen LogP contribution is 2.19. The summed E-state index contributed by atoms with van der Waals surface area (Å²) in [5, 5.41) is 7.79. The van der Waals surface area contributed by atoms with E-state index in [0.717, 1.165) is 38.2 Å². The van der Waals surface area contributed by atoms with Gasteiger partial charge in [0.25, 0.3) is 0 Å². The van der Waals surface area contributed by atoms with E-state index >= 15 is 0 Å². The SMILES string of the molecule is CC(C)(C)CCNc1cnn(CC2CCCO2)c1. The van der Waals surface area contributed by atoms with Crippen molar-refractivity contribution in [3.05, 3.63) is 12.4 Å². The Bertz CT molecular complexity index is 361. The van der Waals surface area contributed by atoms with Crippen molar-refractivity contribution in [3.8, 4) is 0 Å². The van der Waals surface area contributed by atoms with Crippen molar-refractivity contribution in [3.63, 3.8) is 0 Å². The zero-order valence-electron chi connectivity index (χ0n) is 11.8. The Morgan fingerprint density at radius 2 is 2.33 bits per heavy atom. The smallest absolute Gasteiger partial charge is 0.0771 e. The van der Waals surface area contributed by atoms with Crippen molar-refractivity contribution < 1.29 is 4.74 Å². The number of aromatic nitrogens is 2. The highest BCUT2D eigenvalue weighted by molar-refractivity contribution is 5.37. The van der Waals surface area contributed by atoms with E-state index in [9.17, 15) is 0 Å². The molecule has 1 aromatic rings. The summed E-state index contributed by atoms with van der Waals surface area (Å²) < 4.78 is 7.59. The molecule has 0 aliphatic carbocycles. The van der Waals surface area contributed by atoms with E-state index in [1.165, 1.54) is 6.42 Å². The Hall–Kier alpha value is -1.03. The number of nitrogens with zero attached hydrogens (tertiary/aromatic N) is 2. The summed E-state index contributed by atoms with van der Waals surface area (Å²) >= 11 is 0. The first-order valence-corrected chi connectivity index (χ1v) is 6.91. The second-order valence-corrected chi connectivity index (χ2v) is 6.32. The van der Waals surface area contributed by atoms with Crippen LogP contribution in [0.3, 0.4) is 0 Å². The maximum absolute atomic E-state index is 5.61. The molecule has 1 atom stereocenters. The lowest BCUT2D eigenvalue weighted by Crippen LogP contribution is -2.15. The predicted molar refractivity (Wildman–Crippen MR) is 73.8 cm³/mol. The fourth-order valence-electron chi connectivity index (χ4n) is 2.13. The minimum absolute atomic E-state index is 0.354. The third kappa shape index (κ3) is 4.33. The third-order valence-corrected chi connectivity index (χ3v) is 3.25. The molecular weight excluding hydrogens is 226 g/mol. The zero-order chi connectivity index (χ0) is 13.0. The van der Waals surface area contributed by atoms with Crippen molar-refractivity contribution in [2.45, 2.75) is 52.7 Å². The van der Waals surface area contributed by atoms with Crippen LogP contribution in [-0.2, 0) is 11.3 Å². The third-order valence-electron chi connectivity index (χ3n) is 3.25. The highest BCUT2D eigenvalue weighted by atomic mass is 16.5. The number of hydrogen-bond donors (Lipinski definition) is 1.